The molecule has 0 bridgehead atoms. The first-order chi connectivity index (χ1) is 9.63. The van der Waals surface area contributed by atoms with E-state index < -0.39 is 0 Å². The fourth-order valence-corrected chi connectivity index (χ4v) is 2.77. The van der Waals surface area contributed by atoms with Gasteiger partial charge in [0, 0.05) is 38.4 Å². The smallest absolute Gasteiger partial charge is 0.169 e. The van der Waals surface area contributed by atoms with Crippen molar-refractivity contribution in [2.24, 2.45) is 0 Å². The standard InChI is InChI=1S/C16H23N3S/c1-4-8-17-16(20)19-11-9-18(10-12-19)15-7-5-6-13(2)14(15)3/h4-7H,1,8-12H2,2-3H3,(H,17,20). The minimum absolute atomic E-state index is 0.732. The maximum absolute atomic E-state index is 5.39. The van der Waals surface area contributed by atoms with Gasteiger partial charge in [-0.25, -0.2) is 0 Å². The summed E-state index contributed by atoms with van der Waals surface area (Å²) in [6.45, 7) is 12.8. The molecule has 1 aromatic rings. The first kappa shape index (κ1) is 14.9. The number of aryl methyl sites for hydroxylation is 1. The molecule has 4 heteroatoms. The average Bonchev–Trinajstić information content (AvgIpc) is 2.48. The first-order valence-electron chi connectivity index (χ1n) is 7.08. The molecule has 0 saturated carbocycles. The lowest BCUT2D eigenvalue weighted by Crippen LogP contribution is -2.51. The second-order valence-electron chi connectivity index (χ2n) is 5.17. The summed E-state index contributed by atoms with van der Waals surface area (Å²) in [6.07, 6.45) is 1.83. The highest BCUT2D eigenvalue weighted by atomic mass is 32.1. The molecule has 0 spiro atoms. The Kier molecular flexibility index (Phi) is 5.01. The largest absolute Gasteiger partial charge is 0.368 e. The molecule has 0 aliphatic carbocycles. The van der Waals surface area contributed by atoms with Gasteiger partial charge in [0.25, 0.3) is 0 Å². The van der Waals surface area contributed by atoms with Gasteiger partial charge in [0.15, 0.2) is 5.11 Å². The van der Waals surface area contributed by atoms with Crippen molar-refractivity contribution in [2.75, 3.05) is 37.6 Å². The quantitative estimate of drug-likeness (QED) is 0.680. The summed E-state index contributed by atoms with van der Waals surface area (Å²) in [5.74, 6) is 0. The Morgan fingerprint density at radius 1 is 1.30 bits per heavy atom. The van der Waals surface area contributed by atoms with Gasteiger partial charge < -0.3 is 15.1 Å². The van der Waals surface area contributed by atoms with Crippen LogP contribution in [0.15, 0.2) is 30.9 Å². The molecule has 1 saturated heterocycles. The lowest BCUT2D eigenvalue weighted by atomic mass is 10.1. The summed E-state index contributed by atoms with van der Waals surface area (Å²) >= 11 is 5.39. The second-order valence-corrected chi connectivity index (χ2v) is 5.55. The van der Waals surface area contributed by atoms with Crippen LogP contribution in [0.5, 0.6) is 0 Å². The summed E-state index contributed by atoms with van der Waals surface area (Å²) < 4.78 is 0. The van der Waals surface area contributed by atoms with Crippen LogP contribution in [0.4, 0.5) is 5.69 Å². The molecule has 1 heterocycles. The topological polar surface area (TPSA) is 18.5 Å². The zero-order valence-electron chi connectivity index (χ0n) is 12.4. The Morgan fingerprint density at radius 2 is 2.00 bits per heavy atom. The normalized spacial score (nSPS) is 15.1. The highest BCUT2D eigenvalue weighted by molar-refractivity contribution is 7.80. The van der Waals surface area contributed by atoms with Gasteiger partial charge in [-0.1, -0.05) is 18.2 Å². The van der Waals surface area contributed by atoms with Gasteiger partial charge in [-0.05, 0) is 43.3 Å². The van der Waals surface area contributed by atoms with E-state index in [2.05, 4.69) is 53.7 Å². The van der Waals surface area contributed by atoms with E-state index in [-0.39, 0.29) is 0 Å². The van der Waals surface area contributed by atoms with Crippen LogP contribution < -0.4 is 10.2 Å². The minimum atomic E-state index is 0.732. The van der Waals surface area contributed by atoms with Crippen LogP contribution in [0.2, 0.25) is 0 Å². The fraction of sp³-hybridized carbons (Fsp3) is 0.438. The van der Waals surface area contributed by atoms with E-state index in [9.17, 15) is 0 Å². The van der Waals surface area contributed by atoms with Crippen molar-refractivity contribution < 1.29 is 0 Å². The zero-order valence-corrected chi connectivity index (χ0v) is 13.2. The third-order valence-corrected chi connectivity index (χ3v) is 4.28. The predicted octanol–water partition coefficient (Wildman–Crippen LogP) is 2.49. The van der Waals surface area contributed by atoms with Crippen LogP contribution in [0.1, 0.15) is 11.1 Å². The molecule has 0 radical (unpaired) electrons. The van der Waals surface area contributed by atoms with Crippen molar-refractivity contribution in [3.8, 4) is 0 Å². The van der Waals surface area contributed by atoms with E-state index in [0.29, 0.717) is 0 Å². The summed E-state index contributed by atoms with van der Waals surface area (Å²) in [5, 5.41) is 4.04. The number of anilines is 1. The van der Waals surface area contributed by atoms with Crippen LogP contribution in [0.3, 0.4) is 0 Å². The third-order valence-electron chi connectivity index (χ3n) is 3.88. The monoisotopic (exact) mass is 289 g/mol. The van der Waals surface area contributed by atoms with E-state index >= 15 is 0 Å². The van der Waals surface area contributed by atoms with Gasteiger partial charge >= 0.3 is 0 Å². The SMILES string of the molecule is C=CCNC(=S)N1CCN(c2cccc(C)c2C)CC1. The van der Waals surface area contributed by atoms with Gasteiger partial charge in [-0.3, -0.25) is 0 Å². The Bertz CT molecular complexity index is 490. The minimum Gasteiger partial charge on any atom is -0.368 e. The number of piperazine rings is 1. The Hall–Kier alpha value is -1.55. The molecule has 3 nitrogen and oxygen atoms in total. The fourth-order valence-electron chi connectivity index (χ4n) is 2.50. The van der Waals surface area contributed by atoms with Crippen LogP contribution in [-0.4, -0.2) is 42.7 Å². The molecule has 0 atom stereocenters. The van der Waals surface area contributed by atoms with Crippen molar-refractivity contribution in [3.05, 3.63) is 42.0 Å². The molecule has 1 N–H and O–H groups in total. The number of nitrogens with zero attached hydrogens (tertiary/aromatic N) is 2. The lowest BCUT2D eigenvalue weighted by molar-refractivity contribution is 0.381. The van der Waals surface area contributed by atoms with Crippen molar-refractivity contribution in [1.82, 2.24) is 10.2 Å². The molecule has 2 rings (SSSR count). The highest BCUT2D eigenvalue weighted by Crippen LogP contribution is 2.23. The van der Waals surface area contributed by atoms with E-state index in [1.165, 1.54) is 16.8 Å². The van der Waals surface area contributed by atoms with Crippen molar-refractivity contribution >= 4 is 23.0 Å². The number of nitrogens with one attached hydrogen (secondary N) is 1. The predicted molar refractivity (Wildman–Crippen MR) is 90.5 cm³/mol. The zero-order chi connectivity index (χ0) is 14.5. The van der Waals surface area contributed by atoms with Gasteiger partial charge in [-0.2, -0.15) is 0 Å². The molecule has 1 aliphatic heterocycles. The van der Waals surface area contributed by atoms with E-state index in [1.807, 2.05) is 6.08 Å². The number of thiocarbonyl (C=S) groups is 1. The lowest BCUT2D eigenvalue weighted by Gasteiger charge is -2.38. The van der Waals surface area contributed by atoms with Gasteiger partial charge in [-0.15, -0.1) is 6.58 Å². The second kappa shape index (κ2) is 6.75. The Morgan fingerprint density at radius 3 is 2.65 bits per heavy atom. The number of hydrogen-bond acceptors (Lipinski definition) is 2. The molecule has 1 aromatic carbocycles. The molecule has 20 heavy (non-hydrogen) atoms. The number of hydrogen-bond donors (Lipinski definition) is 1. The first-order valence-corrected chi connectivity index (χ1v) is 7.49. The molecule has 0 amide bonds. The Labute approximate surface area is 127 Å². The van der Waals surface area contributed by atoms with Gasteiger partial charge in [0.1, 0.15) is 0 Å². The van der Waals surface area contributed by atoms with Crippen molar-refractivity contribution in [2.45, 2.75) is 13.8 Å². The van der Waals surface area contributed by atoms with E-state index in [1.54, 1.807) is 0 Å². The third kappa shape index (κ3) is 3.31. The van der Waals surface area contributed by atoms with Crippen LogP contribution >= 0.6 is 12.2 Å². The summed E-state index contributed by atoms with van der Waals surface area (Å²) in [6, 6.07) is 6.52. The van der Waals surface area contributed by atoms with E-state index in [4.69, 9.17) is 12.2 Å². The molecule has 108 valence electrons. The van der Waals surface area contributed by atoms with Gasteiger partial charge in [0.2, 0.25) is 0 Å². The molecule has 1 aliphatic rings. The summed E-state index contributed by atoms with van der Waals surface area (Å²) in [5.41, 5.74) is 4.09. The van der Waals surface area contributed by atoms with Crippen molar-refractivity contribution in [3.63, 3.8) is 0 Å². The highest BCUT2D eigenvalue weighted by Gasteiger charge is 2.20. The number of benzene rings is 1. The van der Waals surface area contributed by atoms with Gasteiger partial charge in [0.05, 0.1) is 0 Å². The van der Waals surface area contributed by atoms with Crippen LogP contribution in [-0.2, 0) is 0 Å². The summed E-state index contributed by atoms with van der Waals surface area (Å²) in [4.78, 5) is 4.69. The molecular formula is C16H23N3S. The molecular weight excluding hydrogens is 266 g/mol. The molecule has 0 unspecified atom stereocenters. The van der Waals surface area contributed by atoms with Crippen LogP contribution in [0.25, 0.3) is 0 Å². The van der Waals surface area contributed by atoms with Crippen LogP contribution in [0, 0.1) is 13.8 Å². The molecule has 0 aromatic heterocycles. The molecule has 1 fully saturated rings. The van der Waals surface area contributed by atoms with E-state index in [0.717, 1.165) is 37.8 Å². The number of rotatable bonds is 3. The Balaban J connectivity index is 1.96. The van der Waals surface area contributed by atoms with Crippen molar-refractivity contribution in [1.29, 1.82) is 0 Å². The maximum atomic E-state index is 5.39. The summed E-state index contributed by atoms with van der Waals surface area (Å²) in [7, 11) is 0. The average molecular weight is 289 g/mol. The maximum Gasteiger partial charge on any atom is 0.169 e.